The lowest BCUT2D eigenvalue weighted by atomic mass is 10.1. The van der Waals surface area contributed by atoms with Gasteiger partial charge >= 0.3 is 0 Å². The third-order valence-corrected chi connectivity index (χ3v) is 4.77. The van der Waals surface area contributed by atoms with E-state index >= 15 is 0 Å². The van der Waals surface area contributed by atoms with Crippen LogP contribution < -0.4 is 10.0 Å². The van der Waals surface area contributed by atoms with Crippen LogP contribution in [0.1, 0.15) is 18.4 Å². The van der Waals surface area contributed by atoms with Crippen LogP contribution in [0.2, 0.25) is 0 Å². The molecule has 1 atom stereocenters. The van der Waals surface area contributed by atoms with Gasteiger partial charge in [0.25, 0.3) is 0 Å². The second kappa shape index (κ2) is 6.62. The Balaban J connectivity index is 2.25. The molecule has 1 fully saturated rings. The van der Waals surface area contributed by atoms with E-state index in [0.29, 0.717) is 25.3 Å². The van der Waals surface area contributed by atoms with Crippen LogP contribution in [-0.2, 0) is 21.3 Å². The molecule has 1 aliphatic heterocycles. The van der Waals surface area contributed by atoms with Crippen LogP contribution >= 0.6 is 0 Å². The smallest absolute Gasteiger partial charge is 0.241 e. The van der Waals surface area contributed by atoms with Crippen LogP contribution in [0.25, 0.3) is 0 Å². The fourth-order valence-corrected chi connectivity index (χ4v) is 3.74. The lowest BCUT2D eigenvalue weighted by Gasteiger charge is -2.23. The van der Waals surface area contributed by atoms with E-state index in [4.69, 9.17) is 4.74 Å². The molecule has 20 heavy (non-hydrogen) atoms. The lowest BCUT2D eigenvalue weighted by Crippen LogP contribution is -2.40. The SMILES string of the molecule is CNCc1ccc(F)cc1S(=O)(=O)NC1CCCOC1. The summed E-state index contributed by atoms with van der Waals surface area (Å²) >= 11 is 0. The summed E-state index contributed by atoms with van der Waals surface area (Å²) in [6, 6.07) is 3.55. The first-order chi connectivity index (χ1) is 9.53. The molecular formula is C13H19FN2O3S. The predicted octanol–water partition coefficient (Wildman–Crippen LogP) is 1.00. The van der Waals surface area contributed by atoms with Gasteiger partial charge in [-0.1, -0.05) is 6.07 Å². The van der Waals surface area contributed by atoms with Gasteiger partial charge in [-0.05, 0) is 37.6 Å². The van der Waals surface area contributed by atoms with Gasteiger partial charge in [0.2, 0.25) is 10.0 Å². The van der Waals surface area contributed by atoms with Gasteiger partial charge in [-0.2, -0.15) is 0 Å². The average molecular weight is 302 g/mol. The molecule has 0 spiro atoms. The second-order valence-corrected chi connectivity index (χ2v) is 6.50. The molecular weight excluding hydrogens is 283 g/mol. The first-order valence-electron chi connectivity index (χ1n) is 6.56. The topological polar surface area (TPSA) is 67.4 Å². The van der Waals surface area contributed by atoms with E-state index < -0.39 is 15.8 Å². The molecule has 0 amide bonds. The minimum Gasteiger partial charge on any atom is -0.380 e. The largest absolute Gasteiger partial charge is 0.380 e. The van der Waals surface area contributed by atoms with Gasteiger partial charge in [-0.25, -0.2) is 17.5 Å². The van der Waals surface area contributed by atoms with Crippen molar-refractivity contribution in [2.75, 3.05) is 20.3 Å². The van der Waals surface area contributed by atoms with E-state index in [-0.39, 0.29) is 10.9 Å². The van der Waals surface area contributed by atoms with Crippen LogP contribution in [0, 0.1) is 5.82 Å². The highest BCUT2D eigenvalue weighted by Gasteiger charge is 2.24. The number of rotatable bonds is 5. The first-order valence-corrected chi connectivity index (χ1v) is 8.04. The summed E-state index contributed by atoms with van der Waals surface area (Å²) in [6.45, 7) is 1.37. The normalized spacial score (nSPS) is 20.0. The highest BCUT2D eigenvalue weighted by molar-refractivity contribution is 7.89. The summed E-state index contributed by atoms with van der Waals surface area (Å²) in [7, 11) is -2.03. The molecule has 2 rings (SSSR count). The van der Waals surface area contributed by atoms with Crippen LogP contribution in [-0.4, -0.2) is 34.7 Å². The van der Waals surface area contributed by atoms with Crippen molar-refractivity contribution in [1.29, 1.82) is 0 Å². The zero-order chi connectivity index (χ0) is 14.6. The zero-order valence-electron chi connectivity index (χ0n) is 11.4. The number of ether oxygens (including phenoxy) is 1. The minimum absolute atomic E-state index is 0.0163. The van der Waals surface area contributed by atoms with Crippen molar-refractivity contribution in [2.45, 2.75) is 30.3 Å². The van der Waals surface area contributed by atoms with E-state index in [1.165, 1.54) is 12.1 Å². The Hall–Kier alpha value is -1.02. The van der Waals surface area contributed by atoms with Gasteiger partial charge < -0.3 is 10.1 Å². The Morgan fingerprint density at radius 1 is 1.45 bits per heavy atom. The summed E-state index contributed by atoms with van der Waals surface area (Å²) in [5, 5.41) is 2.88. The van der Waals surface area contributed by atoms with E-state index in [0.717, 1.165) is 18.9 Å². The molecule has 5 nitrogen and oxygen atoms in total. The van der Waals surface area contributed by atoms with Crippen LogP contribution in [0.3, 0.4) is 0 Å². The fourth-order valence-electron chi connectivity index (χ4n) is 2.23. The molecule has 7 heteroatoms. The first kappa shape index (κ1) is 15.4. The summed E-state index contributed by atoms with van der Waals surface area (Å²) in [4.78, 5) is -0.0163. The Labute approximate surface area is 118 Å². The maximum atomic E-state index is 13.4. The monoisotopic (exact) mass is 302 g/mol. The number of halogens is 1. The van der Waals surface area contributed by atoms with Crippen molar-refractivity contribution < 1.29 is 17.5 Å². The number of hydrogen-bond donors (Lipinski definition) is 2. The quantitative estimate of drug-likeness (QED) is 0.851. The average Bonchev–Trinajstić information content (AvgIpc) is 2.41. The zero-order valence-corrected chi connectivity index (χ0v) is 12.2. The number of nitrogens with one attached hydrogen (secondary N) is 2. The van der Waals surface area contributed by atoms with Crippen molar-refractivity contribution in [3.05, 3.63) is 29.6 Å². The molecule has 0 aliphatic carbocycles. The molecule has 2 N–H and O–H groups in total. The molecule has 0 radical (unpaired) electrons. The van der Waals surface area contributed by atoms with Crippen LogP contribution in [0.4, 0.5) is 4.39 Å². The standard InChI is InChI=1S/C13H19FN2O3S/c1-15-8-10-4-5-11(14)7-13(10)20(17,18)16-12-3-2-6-19-9-12/h4-5,7,12,15-16H,2-3,6,8-9H2,1H3. The Morgan fingerprint density at radius 3 is 2.90 bits per heavy atom. The summed E-state index contributed by atoms with van der Waals surface area (Å²) in [5.41, 5.74) is 0.540. The van der Waals surface area contributed by atoms with Crippen LogP contribution in [0.15, 0.2) is 23.1 Å². The van der Waals surface area contributed by atoms with E-state index in [2.05, 4.69) is 10.0 Å². The second-order valence-electron chi connectivity index (χ2n) is 4.82. The van der Waals surface area contributed by atoms with Gasteiger partial charge in [-0.3, -0.25) is 0 Å². The summed E-state index contributed by atoms with van der Waals surface area (Å²) in [5.74, 6) is -0.565. The molecule has 1 unspecified atom stereocenters. The highest BCUT2D eigenvalue weighted by Crippen LogP contribution is 2.19. The third kappa shape index (κ3) is 3.76. The molecule has 1 aliphatic rings. The molecule has 0 saturated carbocycles. The van der Waals surface area contributed by atoms with E-state index in [9.17, 15) is 12.8 Å². The molecule has 0 bridgehead atoms. The molecule has 1 aromatic carbocycles. The number of benzene rings is 1. The third-order valence-electron chi connectivity index (χ3n) is 3.17. The number of hydrogen-bond acceptors (Lipinski definition) is 4. The molecule has 112 valence electrons. The molecule has 1 heterocycles. The molecule has 1 aromatic rings. The van der Waals surface area contributed by atoms with Gasteiger partial charge in [0.15, 0.2) is 0 Å². The maximum Gasteiger partial charge on any atom is 0.241 e. The van der Waals surface area contributed by atoms with E-state index in [1.807, 2.05) is 0 Å². The summed E-state index contributed by atoms with van der Waals surface area (Å²) < 4.78 is 46.0. The summed E-state index contributed by atoms with van der Waals surface area (Å²) in [6.07, 6.45) is 1.55. The molecule has 1 saturated heterocycles. The van der Waals surface area contributed by atoms with Crippen LogP contribution in [0.5, 0.6) is 0 Å². The van der Waals surface area contributed by atoms with Gasteiger partial charge in [0.1, 0.15) is 5.82 Å². The lowest BCUT2D eigenvalue weighted by molar-refractivity contribution is 0.0774. The predicted molar refractivity (Wildman–Crippen MR) is 73.3 cm³/mol. The van der Waals surface area contributed by atoms with Crippen molar-refractivity contribution in [2.24, 2.45) is 0 Å². The van der Waals surface area contributed by atoms with Crippen molar-refractivity contribution in [3.63, 3.8) is 0 Å². The Morgan fingerprint density at radius 2 is 2.25 bits per heavy atom. The molecule has 0 aromatic heterocycles. The van der Waals surface area contributed by atoms with Gasteiger partial charge in [0.05, 0.1) is 11.5 Å². The minimum atomic E-state index is -3.75. The van der Waals surface area contributed by atoms with Gasteiger partial charge in [-0.15, -0.1) is 0 Å². The Bertz CT molecular complexity index is 557. The van der Waals surface area contributed by atoms with Crippen molar-refractivity contribution in [3.8, 4) is 0 Å². The van der Waals surface area contributed by atoms with Crippen molar-refractivity contribution in [1.82, 2.24) is 10.0 Å². The fraction of sp³-hybridized carbons (Fsp3) is 0.538. The van der Waals surface area contributed by atoms with Gasteiger partial charge in [0, 0.05) is 19.2 Å². The van der Waals surface area contributed by atoms with Crippen molar-refractivity contribution >= 4 is 10.0 Å². The Kier molecular flexibility index (Phi) is 5.09. The highest BCUT2D eigenvalue weighted by atomic mass is 32.2. The maximum absolute atomic E-state index is 13.4. The number of sulfonamides is 1. The van der Waals surface area contributed by atoms with E-state index in [1.54, 1.807) is 7.05 Å².